The van der Waals surface area contributed by atoms with Gasteiger partial charge in [-0.3, -0.25) is 9.55 Å². The van der Waals surface area contributed by atoms with Crippen LogP contribution in [0, 0.1) is 0 Å². The molecule has 1 aromatic carbocycles. The Morgan fingerprint density at radius 2 is 1.68 bits per heavy atom. The Labute approximate surface area is 240 Å². The van der Waals surface area contributed by atoms with Gasteiger partial charge in [0.15, 0.2) is 17.8 Å². The molecule has 40 heavy (non-hydrogen) atoms. The smallest absolute Gasteiger partial charge is 0.382 e. The van der Waals surface area contributed by atoms with Crippen molar-refractivity contribution in [2.75, 3.05) is 0 Å². The lowest BCUT2D eigenvalue weighted by Crippen LogP contribution is -2.37. The first-order valence-corrected chi connectivity index (χ1v) is 15.9. The number of pyridine rings is 1. The van der Waals surface area contributed by atoms with Gasteiger partial charge in [0.25, 0.3) is 0 Å². The minimum absolute atomic E-state index is 0.0743. The lowest BCUT2D eigenvalue weighted by Gasteiger charge is -2.21. The van der Waals surface area contributed by atoms with E-state index in [1.165, 1.54) is 47.7 Å². The lowest BCUT2D eigenvalue weighted by atomic mass is 10.2. The molecule has 4 aromatic rings. The third-order valence-corrected chi connectivity index (χ3v) is 10.4. The summed E-state index contributed by atoms with van der Waals surface area (Å²) in [5, 5.41) is 19.3. The van der Waals surface area contributed by atoms with Crippen LogP contribution in [-0.4, -0.2) is 60.3 Å². The molecule has 1 N–H and O–H groups in total. The van der Waals surface area contributed by atoms with Crippen molar-refractivity contribution in [2.45, 2.75) is 64.3 Å². The van der Waals surface area contributed by atoms with Gasteiger partial charge in [-0.25, -0.2) is 19.1 Å². The molecule has 3 aromatic heterocycles. The largest absolute Gasteiger partial charge is 0.416 e. The second-order valence-corrected chi connectivity index (χ2v) is 15.3. The molecular formula is C25H30Cl2F3N7O2Si. The zero-order chi connectivity index (χ0) is 29.8. The lowest BCUT2D eigenvalue weighted by molar-refractivity contribution is -0.207. The second-order valence-electron chi connectivity index (χ2n) is 10.4. The van der Waals surface area contributed by atoms with E-state index in [0.717, 1.165) is 9.25 Å². The van der Waals surface area contributed by atoms with Crippen LogP contribution >= 0.6 is 23.2 Å². The van der Waals surface area contributed by atoms with Crippen molar-refractivity contribution in [3.63, 3.8) is 0 Å². The van der Waals surface area contributed by atoms with E-state index in [0.29, 0.717) is 26.3 Å². The van der Waals surface area contributed by atoms with Crippen molar-refractivity contribution < 1.29 is 18.3 Å². The minimum atomic E-state index is -4.91. The summed E-state index contributed by atoms with van der Waals surface area (Å²) in [7, 11) is -0.359. The first-order chi connectivity index (χ1) is 18.6. The standard InChI is InChI=1S/C19H14Cl2F3N7O2.C6H16Si/c20-12-3-1-11(2-4-12)17-28-30(18(33)29(17)8-15(32)19(22,23)24)9-16-26-10-31(27-16)14-7-25-6-5-13(14)21;1-6(2,3)7(4)5/h1-7,10,15,32H,8-9H2;7H,1-5H3/t15-;/m0./s1. The maximum atomic E-state index is 13.0. The molecule has 0 aliphatic carbocycles. The Kier molecular flexibility index (Phi) is 9.98. The van der Waals surface area contributed by atoms with Gasteiger partial charge in [-0.05, 0) is 35.4 Å². The highest BCUT2D eigenvalue weighted by Crippen LogP contribution is 2.26. The molecule has 0 amide bonds. The van der Waals surface area contributed by atoms with Crippen LogP contribution in [0.2, 0.25) is 28.2 Å². The van der Waals surface area contributed by atoms with Gasteiger partial charge < -0.3 is 5.11 Å². The Balaban J connectivity index is 0.000000559. The molecule has 0 aliphatic heterocycles. The third kappa shape index (κ3) is 8.02. The Morgan fingerprint density at radius 1 is 1.05 bits per heavy atom. The number of alkyl halides is 3. The highest BCUT2D eigenvalue weighted by atomic mass is 35.5. The van der Waals surface area contributed by atoms with E-state index in [1.807, 2.05) is 0 Å². The number of halogens is 5. The average molecular weight is 617 g/mol. The summed E-state index contributed by atoms with van der Waals surface area (Å²) in [5.41, 5.74) is -0.0878. The van der Waals surface area contributed by atoms with E-state index in [2.05, 4.69) is 54.0 Å². The number of hydrogen-bond acceptors (Lipinski definition) is 6. The molecule has 4 rings (SSSR count). The predicted octanol–water partition coefficient (Wildman–Crippen LogP) is 5.24. The van der Waals surface area contributed by atoms with Crippen LogP contribution in [0.15, 0.2) is 53.8 Å². The molecule has 0 spiro atoms. The molecule has 0 unspecified atom stereocenters. The number of rotatable bonds is 6. The summed E-state index contributed by atoms with van der Waals surface area (Å²) in [5.74, 6) is 0.0791. The summed E-state index contributed by atoms with van der Waals surface area (Å²) < 4.78 is 41.9. The molecule has 216 valence electrons. The zero-order valence-electron chi connectivity index (χ0n) is 22.6. The molecule has 1 atom stereocenters. The van der Waals surface area contributed by atoms with Crippen LogP contribution in [-0.2, 0) is 13.1 Å². The van der Waals surface area contributed by atoms with Crippen molar-refractivity contribution in [3.05, 3.63) is 75.4 Å². The van der Waals surface area contributed by atoms with Gasteiger partial charge in [0.2, 0.25) is 0 Å². The predicted molar refractivity (Wildman–Crippen MR) is 151 cm³/mol. The maximum Gasteiger partial charge on any atom is 0.416 e. The van der Waals surface area contributed by atoms with Gasteiger partial charge in [0.1, 0.15) is 18.6 Å². The van der Waals surface area contributed by atoms with E-state index in [4.69, 9.17) is 23.2 Å². The Morgan fingerprint density at radius 3 is 2.23 bits per heavy atom. The fourth-order valence-corrected chi connectivity index (χ4v) is 3.27. The molecular weight excluding hydrogens is 586 g/mol. The normalized spacial score (nSPS) is 12.8. The van der Waals surface area contributed by atoms with Crippen molar-refractivity contribution >= 4 is 32.0 Å². The summed E-state index contributed by atoms with van der Waals surface area (Å²) in [6.45, 7) is 10.5. The van der Waals surface area contributed by atoms with Gasteiger partial charge in [-0.2, -0.15) is 13.2 Å². The summed E-state index contributed by atoms with van der Waals surface area (Å²) >= 11 is 12.0. The fraction of sp³-hybridized carbons (Fsp3) is 0.400. The van der Waals surface area contributed by atoms with Gasteiger partial charge in [-0.15, -0.1) is 10.2 Å². The number of hydrogen-bond donors (Lipinski definition) is 1. The van der Waals surface area contributed by atoms with Gasteiger partial charge >= 0.3 is 11.9 Å². The third-order valence-electron chi connectivity index (χ3n) is 6.32. The molecule has 3 heterocycles. The number of aromatic nitrogens is 7. The molecule has 0 saturated carbocycles. The van der Waals surface area contributed by atoms with Crippen molar-refractivity contribution in [1.29, 1.82) is 0 Å². The van der Waals surface area contributed by atoms with Crippen molar-refractivity contribution in [1.82, 2.24) is 34.1 Å². The molecule has 0 aliphatic rings. The van der Waals surface area contributed by atoms with Crippen LogP contribution in [0.25, 0.3) is 17.1 Å². The summed E-state index contributed by atoms with van der Waals surface area (Å²) in [4.78, 5) is 21.0. The monoisotopic (exact) mass is 615 g/mol. The summed E-state index contributed by atoms with van der Waals surface area (Å²) in [6, 6.07) is 7.58. The minimum Gasteiger partial charge on any atom is -0.382 e. The number of benzene rings is 1. The van der Waals surface area contributed by atoms with E-state index in [1.54, 1.807) is 6.07 Å². The molecule has 0 saturated heterocycles. The first-order valence-electron chi connectivity index (χ1n) is 12.3. The highest BCUT2D eigenvalue weighted by Gasteiger charge is 2.39. The molecule has 0 radical (unpaired) electrons. The van der Waals surface area contributed by atoms with Crippen LogP contribution in [0.1, 0.15) is 26.6 Å². The van der Waals surface area contributed by atoms with E-state index < -0.39 is 24.5 Å². The molecule has 9 nitrogen and oxygen atoms in total. The number of nitrogens with zero attached hydrogens (tertiary/aromatic N) is 7. The topological polar surface area (TPSA) is 104 Å². The van der Waals surface area contributed by atoms with Gasteiger partial charge in [0.05, 0.1) is 17.8 Å². The van der Waals surface area contributed by atoms with Crippen LogP contribution in [0.4, 0.5) is 13.2 Å². The van der Waals surface area contributed by atoms with Crippen LogP contribution < -0.4 is 5.69 Å². The van der Waals surface area contributed by atoms with Crippen molar-refractivity contribution in [2.24, 2.45) is 0 Å². The SMILES string of the molecule is C[SiH](C)C(C)(C)C.O=c1n(Cc2ncn(-c3cnccc3Cl)n2)nc(-c2ccc(Cl)cc2)n1C[C@H](O)C(F)(F)F. The van der Waals surface area contributed by atoms with E-state index in [-0.39, 0.29) is 27.0 Å². The first kappa shape index (κ1) is 31.5. The Bertz CT molecular complexity index is 1480. The Hall–Kier alpha value is -3.00. The zero-order valence-corrected chi connectivity index (χ0v) is 25.2. The summed E-state index contributed by atoms with van der Waals surface area (Å²) in [6.07, 6.45) is -3.35. The molecule has 15 heteroatoms. The van der Waals surface area contributed by atoms with Gasteiger partial charge in [0, 0.05) is 25.6 Å². The molecule has 0 bridgehead atoms. The number of aliphatic hydroxyl groups excluding tert-OH is 1. The van der Waals surface area contributed by atoms with Crippen LogP contribution in [0.3, 0.4) is 0 Å². The van der Waals surface area contributed by atoms with E-state index >= 15 is 0 Å². The highest BCUT2D eigenvalue weighted by molar-refractivity contribution is 6.59. The average Bonchev–Trinajstić information content (AvgIpc) is 3.44. The quantitative estimate of drug-likeness (QED) is 0.298. The second kappa shape index (κ2) is 12.7. The van der Waals surface area contributed by atoms with Gasteiger partial charge in [-0.1, -0.05) is 57.1 Å². The number of aliphatic hydroxyl groups is 1. The van der Waals surface area contributed by atoms with Crippen LogP contribution in [0.5, 0.6) is 0 Å². The molecule has 0 fully saturated rings. The van der Waals surface area contributed by atoms with E-state index in [9.17, 15) is 23.1 Å². The fourth-order valence-electron chi connectivity index (χ4n) is 2.96. The maximum absolute atomic E-state index is 13.0. The van der Waals surface area contributed by atoms with Crippen molar-refractivity contribution in [3.8, 4) is 17.1 Å².